The molecule has 1 N–H and O–H groups in total. The summed E-state index contributed by atoms with van der Waals surface area (Å²) in [5, 5.41) is 3.25. The number of carbonyl (C=O) groups is 1. The Labute approximate surface area is 113 Å². The first kappa shape index (κ1) is 13.3. The van der Waals surface area contributed by atoms with Crippen LogP contribution in [0.1, 0.15) is 39.5 Å². The van der Waals surface area contributed by atoms with Gasteiger partial charge in [-0.05, 0) is 30.4 Å². The molecule has 1 saturated carbocycles. The van der Waals surface area contributed by atoms with Crippen molar-refractivity contribution in [2.24, 2.45) is 11.3 Å². The summed E-state index contributed by atoms with van der Waals surface area (Å²) in [6.45, 7) is 4.34. The highest BCUT2D eigenvalue weighted by molar-refractivity contribution is 6.32. The Hall–Kier alpha value is -1.09. The minimum absolute atomic E-state index is 0.0579. The van der Waals surface area contributed by atoms with Gasteiger partial charge in [-0.2, -0.15) is 0 Å². The first-order valence-corrected chi connectivity index (χ1v) is 6.80. The van der Waals surface area contributed by atoms with E-state index in [9.17, 15) is 4.79 Å². The van der Waals surface area contributed by atoms with E-state index >= 15 is 0 Å². The summed E-state index contributed by atoms with van der Waals surface area (Å²) in [6, 6.07) is 3.55. The standard InChI is InChI=1S/C14H19ClN2O/c1-14(2)8-4-3-6-10(14)13(18)17-11-7-5-9-16-12(11)15/h5,7,9-10H,3-4,6,8H2,1-2H3,(H,17,18). The largest absolute Gasteiger partial charge is 0.323 e. The van der Waals surface area contributed by atoms with Crippen LogP contribution in [0.4, 0.5) is 5.69 Å². The Kier molecular flexibility index (Phi) is 3.91. The molecule has 1 atom stereocenters. The lowest BCUT2D eigenvalue weighted by Gasteiger charge is -2.37. The van der Waals surface area contributed by atoms with Crippen molar-refractivity contribution in [1.29, 1.82) is 0 Å². The van der Waals surface area contributed by atoms with E-state index in [0.29, 0.717) is 10.8 Å². The number of anilines is 1. The van der Waals surface area contributed by atoms with Gasteiger partial charge < -0.3 is 5.32 Å². The Morgan fingerprint density at radius 2 is 2.28 bits per heavy atom. The van der Waals surface area contributed by atoms with Crippen LogP contribution in [0.25, 0.3) is 0 Å². The summed E-state index contributed by atoms with van der Waals surface area (Å²) in [5.41, 5.74) is 0.669. The smallest absolute Gasteiger partial charge is 0.228 e. The average molecular weight is 267 g/mol. The summed E-state index contributed by atoms with van der Waals surface area (Å²) in [7, 11) is 0. The lowest BCUT2D eigenvalue weighted by molar-refractivity contribution is -0.124. The lowest BCUT2D eigenvalue weighted by atomic mass is 9.68. The van der Waals surface area contributed by atoms with Gasteiger partial charge in [0.15, 0.2) is 5.15 Å². The van der Waals surface area contributed by atoms with Crippen molar-refractivity contribution < 1.29 is 4.79 Å². The zero-order valence-electron chi connectivity index (χ0n) is 10.9. The Balaban J connectivity index is 2.10. The van der Waals surface area contributed by atoms with Gasteiger partial charge >= 0.3 is 0 Å². The highest BCUT2D eigenvalue weighted by Crippen LogP contribution is 2.41. The molecular formula is C14H19ClN2O. The molecule has 1 aromatic heterocycles. The zero-order chi connectivity index (χ0) is 13.2. The highest BCUT2D eigenvalue weighted by atomic mass is 35.5. The maximum Gasteiger partial charge on any atom is 0.228 e. The van der Waals surface area contributed by atoms with Gasteiger partial charge in [-0.3, -0.25) is 4.79 Å². The van der Waals surface area contributed by atoms with Crippen LogP contribution in [-0.2, 0) is 4.79 Å². The molecular weight excluding hydrogens is 248 g/mol. The van der Waals surface area contributed by atoms with Gasteiger partial charge in [0.1, 0.15) is 0 Å². The van der Waals surface area contributed by atoms with E-state index in [2.05, 4.69) is 24.1 Å². The zero-order valence-corrected chi connectivity index (χ0v) is 11.6. The third-order valence-electron chi connectivity index (χ3n) is 3.84. The van der Waals surface area contributed by atoms with Crippen LogP contribution in [0, 0.1) is 11.3 Å². The third kappa shape index (κ3) is 2.83. The van der Waals surface area contributed by atoms with E-state index in [-0.39, 0.29) is 17.2 Å². The number of carbonyl (C=O) groups excluding carboxylic acids is 1. The second-order valence-electron chi connectivity index (χ2n) is 5.62. The summed E-state index contributed by atoms with van der Waals surface area (Å²) in [4.78, 5) is 16.3. The number of halogens is 1. The quantitative estimate of drug-likeness (QED) is 0.825. The van der Waals surface area contributed by atoms with Gasteiger partial charge in [-0.15, -0.1) is 0 Å². The monoisotopic (exact) mass is 266 g/mol. The van der Waals surface area contributed by atoms with Gasteiger partial charge in [-0.25, -0.2) is 4.98 Å². The number of rotatable bonds is 2. The number of nitrogens with zero attached hydrogens (tertiary/aromatic N) is 1. The Morgan fingerprint density at radius 1 is 1.50 bits per heavy atom. The van der Waals surface area contributed by atoms with Crippen LogP contribution in [0.15, 0.2) is 18.3 Å². The molecule has 0 saturated heterocycles. The fourth-order valence-corrected chi connectivity index (χ4v) is 2.85. The number of hydrogen-bond donors (Lipinski definition) is 1. The van der Waals surface area contributed by atoms with E-state index in [1.807, 2.05) is 0 Å². The molecule has 1 aliphatic rings. The molecule has 2 rings (SSSR count). The summed E-state index contributed by atoms with van der Waals surface area (Å²) < 4.78 is 0. The van der Waals surface area contributed by atoms with Crippen LogP contribution in [0.3, 0.4) is 0 Å². The molecule has 0 aromatic carbocycles. The summed E-state index contributed by atoms with van der Waals surface area (Å²) in [6.07, 6.45) is 6.01. The van der Waals surface area contributed by atoms with Crippen molar-refractivity contribution in [1.82, 2.24) is 4.98 Å². The molecule has 1 amide bonds. The van der Waals surface area contributed by atoms with Gasteiger partial charge in [0.25, 0.3) is 0 Å². The Bertz CT molecular complexity index is 445. The molecule has 1 aliphatic carbocycles. The maximum atomic E-state index is 12.3. The average Bonchev–Trinajstić information content (AvgIpc) is 2.31. The van der Waals surface area contributed by atoms with Crippen LogP contribution in [-0.4, -0.2) is 10.9 Å². The first-order valence-electron chi connectivity index (χ1n) is 6.42. The van der Waals surface area contributed by atoms with Crippen molar-refractivity contribution in [2.75, 3.05) is 5.32 Å². The van der Waals surface area contributed by atoms with Crippen LogP contribution in [0.2, 0.25) is 5.15 Å². The molecule has 18 heavy (non-hydrogen) atoms. The van der Waals surface area contributed by atoms with Gasteiger partial charge in [0.05, 0.1) is 5.69 Å². The molecule has 3 nitrogen and oxygen atoms in total. The van der Waals surface area contributed by atoms with Crippen LogP contribution in [0.5, 0.6) is 0 Å². The van der Waals surface area contributed by atoms with Crippen molar-refractivity contribution in [3.05, 3.63) is 23.5 Å². The van der Waals surface area contributed by atoms with Gasteiger partial charge in [0.2, 0.25) is 5.91 Å². The van der Waals surface area contributed by atoms with Gasteiger partial charge in [0, 0.05) is 12.1 Å². The minimum Gasteiger partial charge on any atom is -0.323 e. The fraction of sp³-hybridized carbons (Fsp3) is 0.571. The normalized spacial score (nSPS) is 22.5. The molecule has 4 heteroatoms. The van der Waals surface area contributed by atoms with E-state index in [0.717, 1.165) is 19.3 Å². The number of nitrogens with one attached hydrogen (secondary N) is 1. The molecule has 1 fully saturated rings. The predicted molar refractivity (Wildman–Crippen MR) is 73.6 cm³/mol. The first-order chi connectivity index (χ1) is 8.50. The van der Waals surface area contributed by atoms with E-state index in [4.69, 9.17) is 11.6 Å². The Morgan fingerprint density at radius 3 is 2.94 bits per heavy atom. The molecule has 1 aromatic rings. The molecule has 0 radical (unpaired) electrons. The van der Waals surface area contributed by atoms with E-state index < -0.39 is 0 Å². The fourth-order valence-electron chi connectivity index (χ4n) is 2.68. The topological polar surface area (TPSA) is 42.0 Å². The SMILES string of the molecule is CC1(C)CCCCC1C(=O)Nc1cccnc1Cl. The van der Waals surface area contributed by atoms with Crippen molar-refractivity contribution in [3.63, 3.8) is 0 Å². The van der Waals surface area contributed by atoms with Gasteiger partial charge in [-0.1, -0.05) is 38.3 Å². The number of pyridine rings is 1. The molecule has 98 valence electrons. The van der Waals surface area contributed by atoms with Crippen molar-refractivity contribution in [3.8, 4) is 0 Å². The van der Waals surface area contributed by atoms with Crippen LogP contribution >= 0.6 is 11.6 Å². The molecule has 1 heterocycles. The second-order valence-corrected chi connectivity index (χ2v) is 5.98. The third-order valence-corrected chi connectivity index (χ3v) is 4.14. The number of amides is 1. The summed E-state index contributed by atoms with van der Waals surface area (Å²) in [5.74, 6) is 0.122. The molecule has 1 unspecified atom stereocenters. The molecule has 0 bridgehead atoms. The van der Waals surface area contributed by atoms with Crippen molar-refractivity contribution in [2.45, 2.75) is 39.5 Å². The minimum atomic E-state index is 0.0579. The molecule has 0 aliphatic heterocycles. The second kappa shape index (κ2) is 5.27. The number of aromatic nitrogens is 1. The van der Waals surface area contributed by atoms with E-state index in [1.54, 1.807) is 18.3 Å². The number of hydrogen-bond acceptors (Lipinski definition) is 2. The highest BCUT2D eigenvalue weighted by Gasteiger charge is 2.37. The van der Waals surface area contributed by atoms with Crippen LogP contribution < -0.4 is 5.32 Å². The van der Waals surface area contributed by atoms with Crippen molar-refractivity contribution >= 4 is 23.2 Å². The predicted octanol–water partition coefficient (Wildman–Crippen LogP) is 3.89. The molecule has 0 spiro atoms. The summed E-state index contributed by atoms with van der Waals surface area (Å²) >= 11 is 5.95. The lowest BCUT2D eigenvalue weighted by Crippen LogP contribution is -2.37. The maximum absolute atomic E-state index is 12.3. The van der Waals surface area contributed by atoms with E-state index in [1.165, 1.54) is 6.42 Å².